The lowest BCUT2D eigenvalue weighted by Crippen LogP contribution is -2.37. The van der Waals surface area contributed by atoms with Crippen LogP contribution in [0.3, 0.4) is 0 Å². The summed E-state index contributed by atoms with van der Waals surface area (Å²) in [6, 6.07) is 0.185. The molecule has 0 radical (unpaired) electrons. The number of nitrogens with zero attached hydrogens (tertiary/aromatic N) is 1. The lowest BCUT2D eigenvalue weighted by atomic mass is 9.91. The minimum absolute atomic E-state index is 0.0150. The van der Waals surface area contributed by atoms with Gasteiger partial charge >= 0.3 is 11.9 Å². The van der Waals surface area contributed by atoms with Crippen LogP contribution in [0.25, 0.3) is 0 Å². The first-order valence-corrected chi connectivity index (χ1v) is 22.6. The molecule has 0 aliphatic heterocycles. The molecule has 0 rings (SSSR count). The number of hydrogen-bond donors (Lipinski definition) is 1. The first kappa shape index (κ1) is 49.9. The highest BCUT2D eigenvalue weighted by Crippen LogP contribution is 2.23. The van der Waals surface area contributed by atoms with Crippen LogP contribution in [0, 0.1) is 11.8 Å². The number of aliphatic hydroxyl groups is 1. The summed E-state index contributed by atoms with van der Waals surface area (Å²) in [5.41, 5.74) is 0. The summed E-state index contributed by atoms with van der Waals surface area (Å²) in [7, 11) is 0. The molecule has 1 atom stereocenters. The second-order valence-corrected chi connectivity index (χ2v) is 15.9. The summed E-state index contributed by atoms with van der Waals surface area (Å²) >= 11 is 0. The van der Waals surface area contributed by atoms with E-state index in [2.05, 4.69) is 39.5 Å². The molecule has 0 saturated carbocycles. The Kier molecular flexibility index (Phi) is 37.7. The van der Waals surface area contributed by atoms with E-state index in [0.717, 1.165) is 89.6 Å². The van der Waals surface area contributed by atoms with E-state index in [1.54, 1.807) is 0 Å². The number of unbranched alkanes of at least 4 members (excludes halogenated alkanes) is 16. The van der Waals surface area contributed by atoms with E-state index in [1.807, 2.05) is 0 Å². The minimum Gasteiger partial charge on any atom is -0.466 e. The molecule has 0 saturated heterocycles. The smallest absolute Gasteiger partial charge is 0.305 e. The Hall–Kier alpha value is -1.14. The molecule has 0 bridgehead atoms. The van der Waals surface area contributed by atoms with E-state index < -0.39 is 0 Å². The molecular formula is C45H89NO5. The van der Waals surface area contributed by atoms with Crippen molar-refractivity contribution in [2.75, 3.05) is 32.9 Å². The molecule has 0 amide bonds. The molecule has 0 heterocycles. The van der Waals surface area contributed by atoms with Gasteiger partial charge in [-0.3, -0.25) is 14.5 Å². The van der Waals surface area contributed by atoms with Crippen LogP contribution in [-0.2, 0) is 19.1 Å². The zero-order chi connectivity index (χ0) is 37.6. The molecule has 0 aromatic carbocycles. The van der Waals surface area contributed by atoms with Crippen molar-refractivity contribution in [1.29, 1.82) is 0 Å². The highest BCUT2D eigenvalue weighted by atomic mass is 16.5. The predicted octanol–water partition coefficient (Wildman–Crippen LogP) is 12.8. The second-order valence-electron chi connectivity index (χ2n) is 15.9. The molecule has 51 heavy (non-hydrogen) atoms. The zero-order valence-corrected chi connectivity index (χ0v) is 35.0. The summed E-state index contributed by atoms with van der Waals surface area (Å²) in [6.45, 7) is 14.6. The van der Waals surface area contributed by atoms with Gasteiger partial charge in [0, 0.05) is 18.9 Å². The summed E-state index contributed by atoms with van der Waals surface area (Å²) in [5, 5.41) is 9.80. The number of carbonyl (C=O) groups excluding carboxylic acids is 2. The molecular weight excluding hydrogens is 634 g/mol. The first-order valence-electron chi connectivity index (χ1n) is 22.6. The maximum atomic E-state index is 12.4. The molecule has 304 valence electrons. The van der Waals surface area contributed by atoms with Crippen molar-refractivity contribution in [3.63, 3.8) is 0 Å². The van der Waals surface area contributed by atoms with E-state index in [-0.39, 0.29) is 24.6 Å². The van der Waals surface area contributed by atoms with Crippen molar-refractivity contribution in [3.05, 3.63) is 0 Å². The Morgan fingerprint density at radius 3 is 1.33 bits per heavy atom. The number of aliphatic hydroxyl groups excluding tert-OH is 1. The van der Waals surface area contributed by atoms with Gasteiger partial charge in [0.25, 0.3) is 0 Å². The molecule has 0 spiro atoms. The van der Waals surface area contributed by atoms with Gasteiger partial charge in [-0.1, -0.05) is 156 Å². The Balaban J connectivity index is 4.00. The SMILES string of the molecule is CCCCCC(CCCCC)CCCOC(=O)CCCCCCCN(CCCCCCCC(=O)OCC(CCCCC)CCCCC)C(C)CO. The van der Waals surface area contributed by atoms with Gasteiger partial charge in [-0.05, 0) is 83.2 Å². The maximum absolute atomic E-state index is 12.4. The third-order valence-electron chi connectivity index (χ3n) is 10.9. The van der Waals surface area contributed by atoms with Crippen LogP contribution in [0.4, 0.5) is 0 Å². The predicted molar refractivity (Wildman–Crippen MR) is 218 cm³/mol. The van der Waals surface area contributed by atoms with Gasteiger partial charge in [0.1, 0.15) is 0 Å². The lowest BCUT2D eigenvalue weighted by molar-refractivity contribution is -0.145. The Labute approximate surface area is 318 Å². The third kappa shape index (κ3) is 33.2. The largest absolute Gasteiger partial charge is 0.466 e. The van der Waals surface area contributed by atoms with E-state index in [4.69, 9.17) is 9.47 Å². The highest BCUT2D eigenvalue weighted by Gasteiger charge is 2.14. The van der Waals surface area contributed by atoms with Crippen molar-refractivity contribution < 1.29 is 24.2 Å². The van der Waals surface area contributed by atoms with Gasteiger partial charge in [-0.25, -0.2) is 0 Å². The number of ether oxygens (including phenoxy) is 2. The Bertz CT molecular complexity index is 726. The fourth-order valence-electron chi connectivity index (χ4n) is 7.29. The molecule has 0 aromatic rings. The number of hydrogen-bond acceptors (Lipinski definition) is 6. The molecule has 6 nitrogen and oxygen atoms in total. The lowest BCUT2D eigenvalue weighted by Gasteiger charge is -2.27. The van der Waals surface area contributed by atoms with E-state index >= 15 is 0 Å². The monoisotopic (exact) mass is 724 g/mol. The van der Waals surface area contributed by atoms with Gasteiger partial charge < -0.3 is 14.6 Å². The van der Waals surface area contributed by atoms with Crippen molar-refractivity contribution in [2.24, 2.45) is 11.8 Å². The Morgan fingerprint density at radius 2 is 0.882 bits per heavy atom. The van der Waals surface area contributed by atoms with Crippen LogP contribution in [0.5, 0.6) is 0 Å². The van der Waals surface area contributed by atoms with E-state index in [0.29, 0.717) is 32.0 Å². The number of rotatable bonds is 40. The summed E-state index contributed by atoms with van der Waals surface area (Å²) < 4.78 is 11.3. The molecule has 0 fully saturated rings. The molecule has 1 unspecified atom stereocenters. The van der Waals surface area contributed by atoms with Crippen molar-refractivity contribution in [1.82, 2.24) is 4.90 Å². The quantitative estimate of drug-likeness (QED) is 0.0501. The van der Waals surface area contributed by atoms with Crippen molar-refractivity contribution >= 4 is 11.9 Å². The topological polar surface area (TPSA) is 76.1 Å². The van der Waals surface area contributed by atoms with Gasteiger partial charge in [0.15, 0.2) is 0 Å². The van der Waals surface area contributed by atoms with Crippen LogP contribution in [-0.4, -0.2) is 60.9 Å². The van der Waals surface area contributed by atoms with Crippen LogP contribution >= 0.6 is 0 Å². The first-order chi connectivity index (χ1) is 24.9. The van der Waals surface area contributed by atoms with Crippen molar-refractivity contribution in [2.45, 2.75) is 233 Å². The molecule has 0 aliphatic carbocycles. The van der Waals surface area contributed by atoms with E-state index in [1.165, 1.54) is 109 Å². The van der Waals surface area contributed by atoms with Gasteiger partial charge in [0.2, 0.25) is 0 Å². The number of carbonyl (C=O) groups is 2. The van der Waals surface area contributed by atoms with Gasteiger partial charge in [0.05, 0.1) is 19.8 Å². The average molecular weight is 724 g/mol. The summed E-state index contributed by atoms with van der Waals surface area (Å²) in [5.74, 6) is 1.30. The number of esters is 2. The second kappa shape index (κ2) is 38.6. The van der Waals surface area contributed by atoms with Crippen LogP contribution in [0.1, 0.15) is 227 Å². The highest BCUT2D eigenvalue weighted by molar-refractivity contribution is 5.69. The maximum Gasteiger partial charge on any atom is 0.305 e. The zero-order valence-electron chi connectivity index (χ0n) is 35.0. The molecule has 1 N–H and O–H groups in total. The molecule has 6 heteroatoms. The van der Waals surface area contributed by atoms with Gasteiger partial charge in [-0.2, -0.15) is 0 Å². The minimum atomic E-state index is -0.0223. The standard InChI is InChI=1S/C45H89NO5/c1-6-10-20-29-42(30-21-11-7-2)33-28-38-50-44(48)34-24-16-14-18-26-36-46(41(5)39-47)37-27-19-15-17-25-35-45(49)51-40-43(31-22-12-8-3)32-23-13-9-4/h41-43,47H,6-40H2,1-5H3. The summed E-state index contributed by atoms with van der Waals surface area (Å²) in [6.07, 6.45) is 34.6. The van der Waals surface area contributed by atoms with E-state index in [9.17, 15) is 14.7 Å². The van der Waals surface area contributed by atoms with Crippen LogP contribution < -0.4 is 0 Å². The molecule has 0 aliphatic rings. The van der Waals surface area contributed by atoms with Crippen LogP contribution in [0.15, 0.2) is 0 Å². The average Bonchev–Trinajstić information content (AvgIpc) is 3.13. The fourth-order valence-corrected chi connectivity index (χ4v) is 7.29. The molecule has 0 aromatic heterocycles. The van der Waals surface area contributed by atoms with Gasteiger partial charge in [-0.15, -0.1) is 0 Å². The summed E-state index contributed by atoms with van der Waals surface area (Å²) in [4.78, 5) is 27.1. The third-order valence-corrected chi connectivity index (χ3v) is 10.9. The normalized spacial score (nSPS) is 12.3. The Morgan fingerprint density at radius 1 is 0.490 bits per heavy atom. The van der Waals surface area contributed by atoms with Crippen molar-refractivity contribution in [3.8, 4) is 0 Å². The van der Waals surface area contributed by atoms with Crippen LogP contribution in [0.2, 0.25) is 0 Å². The fraction of sp³-hybridized carbons (Fsp3) is 0.956.